The van der Waals surface area contributed by atoms with Crippen molar-refractivity contribution in [1.82, 2.24) is 25.1 Å². The molecule has 0 aliphatic carbocycles. The van der Waals surface area contributed by atoms with Crippen molar-refractivity contribution in [2.24, 2.45) is 5.41 Å². The fraction of sp³-hybridized carbons (Fsp3) is 0.600. The monoisotopic (exact) mass is 336 g/mol. The molecule has 1 amide bonds. The quantitative estimate of drug-likeness (QED) is 0.911. The number of amides is 1. The van der Waals surface area contributed by atoms with E-state index in [4.69, 9.17) is 0 Å². The van der Waals surface area contributed by atoms with Gasteiger partial charge in [0.15, 0.2) is 5.65 Å². The first kappa shape index (κ1) is 15.2. The Balaban J connectivity index is 1.55. The molecule has 2 fully saturated rings. The van der Waals surface area contributed by atoms with E-state index in [9.17, 15) is 13.6 Å². The lowest BCUT2D eigenvalue weighted by Gasteiger charge is -2.37. The van der Waals surface area contributed by atoms with Gasteiger partial charge in [0, 0.05) is 19.6 Å². The number of aromatic nitrogens is 4. The number of carbonyl (C=O) groups excluding carboxylic acids is 1. The highest BCUT2D eigenvalue weighted by Crippen LogP contribution is 2.38. The van der Waals surface area contributed by atoms with Gasteiger partial charge >= 0.3 is 0 Å². The van der Waals surface area contributed by atoms with Gasteiger partial charge in [-0.25, -0.2) is 23.4 Å². The van der Waals surface area contributed by atoms with Gasteiger partial charge in [-0.1, -0.05) is 0 Å². The number of rotatable bonds is 3. The Labute approximate surface area is 137 Å². The number of nitrogens with one attached hydrogen (secondary N) is 1. The maximum absolute atomic E-state index is 12.6. The molecule has 4 heterocycles. The third kappa shape index (κ3) is 2.47. The predicted molar refractivity (Wildman–Crippen MR) is 82.8 cm³/mol. The molecule has 4 rings (SSSR count). The van der Waals surface area contributed by atoms with E-state index in [-0.39, 0.29) is 11.3 Å². The van der Waals surface area contributed by atoms with Crippen molar-refractivity contribution in [1.29, 1.82) is 0 Å². The number of fused-ring (bicyclic) bond motifs is 1. The molecule has 0 unspecified atom stereocenters. The summed E-state index contributed by atoms with van der Waals surface area (Å²) in [6, 6.07) is 0. The largest absolute Gasteiger partial charge is 0.356 e. The highest BCUT2D eigenvalue weighted by atomic mass is 19.3. The van der Waals surface area contributed by atoms with Crippen LogP contribution in [-0.4, -0.2) is 51.7 Å². The van der Waals surface area contributed by atoms with Crippen molar-refractivity contribution in [3.05, 3.63) is 12.4 Å². The van der Waals surface area contributed by atoms with Gasteiger partial charge in [-0.05, 0) is 19.3 Å². The van der Waals surface area contributed by atoms with Crippen LogP contribution in [0.4, 0.5) is 14.6 Å². The van der Waals surface area contributed by atoms with Crippen molar-refractivity contribution in [3.63, 3.8) is 0 Å². The van der Waals surface area contributed by atoms with Crippen LogP contribution in [0.3, 0.4) is 0 Å². The van der Waals surface area contributed by atoms with Crippen LogP contribution in [0.25, 0.3) is 11.2 Å². The van der Waals surface area contributed by atoms with Crippen molar-refractivity contribution in [2.45, 2.75) is 32.2 Å². The van der Waals surface area contributed by atoms with E-state index in [1.807, 2.05) is 0 Å². The Morgan fingerprint density at radius 1 is 1.25 bits per heavy atom. The SMILES string of the molecule is O=C1NCCC12CCN(c1cnc3cnn(CC(F)F)c3n1)CC2. The average molecular weight is 336 g/mol. The maximum Gasteiger partial charge on any atom is 0.258 e. The molecule has 0 bridgehead atoms. The first-order chi connectivity index (χ1) is 11.6. The molecule has 0 radical (unpaired) electrons. The second-order valence-electron chi connectivity index (χ2n) is 6.43. The second kappa shape index (κ2) is 5.64. The van der Waals surface area contributed by atoms with Gasteiger partial charge in [0.1, 0.15) is 17.9 Å². The molecule has 2 aromatic heterocycles. The molecule has 0 aromatic carbocycles. The van der Waals surface area contributed by atoms with Crippen LogP contribution in [-0.2, 0) is 11.3 Å². The Morgan fingerprint density at radius 2 is 2.04 bits per heavy atom. The van der Waals surface area contributed by atoms with Gasteiger partial charge in [0.25, 0.3) is 6.43 Å². The fourth-order valence-electron chi connectivity index (χ4n) is 3.61. The number of anilines is 1. The summed E-state index contributed by atoms with van der Waals surface area (Å²) in [6.45, 7) is 1.66. The molecule has 2 aliphatic heterocycles. The minimum atomic E-state index is -2.49. The zero-order chi connectivity index (χ0) is 16.7. The van der Waals surface area contributed by atoms with E-state index >= 15 is 0 Å². The number of piperidine rings is 1. The number of hydrogen-bond acceptors (Lipinski definition) is 5. The van der Waals surface area contributed by atoms with E-state index in [1.54, 1.807) is 6.20 Å². The average Bonchev–Trinajstić information content (AvgIpc) is 3.12. The zero-order valence-electron chi connectivity index (χ0n) is 13.1. The molecule has 128 valence electrons. The van der Waals surface area contributed by atoms with Crippen LogP contribution >= 0.6 is 0 Å². The first-order valence-corrected chi connectivity index (χ1v) is 8.07. The Kier molecular flexibility index (Phi) is 3.58. The van der Waals surface area contributed by atoms with Crippen LogP contribution < -0.4 is 10.2 Å². The summed E-state index contributed by atoms with van der Waals surface area (Å²) < 4.78 is 26.4. The summed E-state index contributed by atoms with van der Waals surface area (Å²) in [6.07, 6.45) is 3.02. The minimum absolute atomic E-state index is 0.152. The van der Waals surface area contributed by atoms with Crippen LogP contribution in [0.15, 0.2) is 12.4 Å². The van der Waals surface area contributed by atoms with E-state index in [2.05, 4.69) is 25.3 Å². The molecular formula is C15H18F2N6O. The summed E-state index contributed by atoms with van der Waals surface area (Å²) in [4.78, 5) is 22.9. The van der Waals surface area contributed by atoms with Gasteiger partial charge in [0.05, 0.1) is 17.8 Å². The zero-order valence-corrected chi connectivity index (χ0v) is 13.1. The van der Waals surface area contributed by atoms with Crippen LogP contribution in [0.5, 0.6) is 0 Å². The molecule has 9 heteroatoms. The van der Waals surface area contributed by atoms with E-state index in [0.717, 1.165) is 25.8 Å². The number of hydrogen-bond donors (Lipinski definition) is 1. The van der Waals surface area contributed by atoms with Gasteiger partial charge in [-0.2, -0.15) is 5.10 Å². The Bertz CT molecular complexity index is 768. The molecule has 7 nitrogen and oxygen atoms in total. The topological polar surface area (TPSA) is 75.9 Å². The lowest BCUT2D eigenvalue weighted by molar-refractivity contribution is -0.128. The molecule has 2 saturated heterocycles. The summed E-state index contributed by atoms with van der Waals surface area (Å²) in [5, 5.41) is 6.84. The van der Waals surface area contributed by atoms with Crippen molar-refractivity contribution < 1.29 is 13.6 Å². The number of alkyl halides is 2. The molecule has 1 spiro atoms. The number of nitrogens with zero attached hydrogens (tertiary/aromatic N) is 5. The van der Waals surface area contributed by atoms with E-state index in [0.29, 0.717) is 30.1 Å². The fourth-order valence-corrected chi connectivity index (χ4v) is 3.61. The van der Waals surface area contributed by atoms with Gasteiger partial charge in [-0.15, -0.1) is 0 Å². The summed E-state index contributed by atoms with van der Waals surface area (Å²) >= 11 is 0. The van der Waals surface area contributed by atoms with E-state index < -0.39 is 13.0 Å². The molecule has 0 saturated carbocycles. The third-order valence-corrected chi connectivity index (χ3v) is 5.06. The lowest BCUT2D eigenvalue weighted by Crippen LogP contribution is -2.44. The standard InChI is InChI=1S/C15H18F2N6O/c16-11(17)9-23-13-10(7-20-23)19-8-12(21-13)22-5-2-15(3-6-22)1-4-18-14(15)24/h7-8,11H,1-6,9H2,(H,18,24). The summed E-state index contributed by atoms with van der Waals surface area (Å²) in [5.74, 6) is 0.797. The Morgan fingerprint density at radius 3 is 2.71 bits per heavy atom. The molecule has 1 N–H and O–H groups in total. The van der Waals surface area contributed by atoms with Gasteiger partial charge in [-0.3, -0.25) is 4.79 Å². The minimum Gasteiger partial charge on any atom is -0.356 e. The number of halogens is 2. The van der Waals surface area contributed by atoms with Crippen molar-refractivity contribution in [2.75, 3.05) is 24.5 Å². The van der Waals surface area contributed by atoms with Gasteiger partial charge in [0.2, 0.25) is 5.91 Å². The molecule has 24 heavy (non-hydrogen) atoms. The third-order valence-electron chi connectivity index (χ3n) is 5.06. The summed E-state index contributed by atoms with van der Waals surface area (Å²) in [5.41, 5.74) is 0.626. The van der Waals surface area contributed by atoms with Crippen LogP contribution in [0, 0.1) is 5.41 Å². The molecular weight excluding hydrogens is 318 g/mol. The molecule has 0 atom stereocenters. The second-order valence-corrected chi connectivity index (χ2v) is 6.43. The van der Waals surface area contributed by atoms with Crippen LogP contribution in [0.2, 0.25) is 0 Å². The highest BCUT2D eigenvalue weighted by Gasteiger charge is 2.44. The first-order valence-electron chi connectivity index (χ1n) is 8.07. The van der Waals surface area contributed by atoms with Gasteiger partial charge < -0.3 is 10.2 Å². The van der Waals surface area contributed by atoms with Crippen LogP contribution in [0.1, 0.15) is 19.3 Å². The smallest absolute Gasteiger partial charge is 0.258 e. The molecule has 2 aliphatic rings. The highest BCUT2D eigenvalue weighted by molar-refractivity contribution is 5.85. The maximum atomic E-state index is 12.6. The van der Waals surface area contributed by atoms with Crippen molar-refractivity contribution >= 4 is 22.9 Å². The normalized spacial score (nSPS) is 20.3. The molecule has 2 aromatic rings. The number of carbonyl (C=O) groups is 1. The lowest BCUT2D eigenvalue weighted by atomic mass is 9.77. The summed E-state index contributed by atoms with van der Waals surface area (Å²) in [7, 11) is 0. The predicted octanol–water partition coefficient (Wildman–Crippen LogP) is 1.20. The Hall–Kier alpha value is -2.32. The van der Waals surface area contributed by atoms with E-state index in [1.165, 1.54) is 10.9 Å². The van der Waals surface area contributed by atoms with Crippen molar-refractivity contribution in [3.8, 4) is 0 Å².